The number of esters is 1. The summed E-state index contributed by atoms with van der Waals surface area (Å²) >= 11 is 3.49. The van der Waals surface area contributed by atoms with Gasteiger partial charge in [-0.05, 0) is 47.2 Å². The maximum absolute atomic E-state index is 11.1. The molecule has 1 aliphatic rings. The lowest BCUT2D eigenvalue weighted by Crippen LogP contribution is -2.17. The Kier molecular flexibility index (Phi) is 6.65. The first kappa shape index (κ1) is 17.2. The second-order valence-corrected chi connectivity index (χ2v) is 6.24. The van der Waals surface area contributed by atoms with Crippen molar-refractivity contribution in [2.24, 2.45) is 5.92 Å². The summed E-state index contributed by atoms with van der Waals surface area (Å²) in [6, 6.07) is 8.51. The zero-order valence-electron chi connectivity index (χ0n) is 13.2. The molecule has 0 heterocycles. The predicted molar refractivity (Wildman–Crippen MR) is 90.9 cm³/mol. The lowest BCUT2D eigenvalue weighted by atomic mass is 9.74. The number of hydrogen-bond acceptors (Lipinski definition) is 3. The second-order valence-electron chi connectivity index (χ2n) is 5.79. The minimum atomic E-state index is -0.343. The van der Waals surface area contributed by atoms with Gasteiger partial charge in [-0.3, -0.25) is 0 Å². The zero-order valence-corrected chi connectivity index (χ0v) is 14.8. The van der Waals surface area contributed by atoms with E-state index in [1.54, 1.807) is 0 Å². The van der Waals surface area contributed by atoms with E-state index in [1.807, 2.05) is 6.07 Å². The van der Waals surface area contributed by atoms with Crippen molar-refractivity contribution in [3.05, 3.63) is 46.0 Å². The summed E-state index contributed by atoms with van der Waals surface area (Å²) < 4.78 is 9.96. The number of halogens is 1. The van der Waals surface area contributed by atoms with Crippen molar-refractivity contribution in [2.75, 3.05) is 13.7 Å². The zero-order chi connectivity index (χ0) is 15.9. The molecule has 22 heavy (non-hydrogen) atoms. The van der Waals surface area contributed by atoms with Gasteiger partial charge in [0.1, 0.15) is 6.61 Å². The van der Waals surface area contributed by atoms with Crippen molar-refractivity contribution in [3.63, 3.8) is 0 Å². The molecule has 1 aromatic carbocycles. The van der Waals surface area contributed by atoms with Crippen LogP contribution in [0.15, 0.2) is 34.8 Å². The molecule has 0 amide bonds. The van der Waals surface area contributed by atoms with E-state index in [4.69, 9.17) is 4.74 Å². The predicted octanol–water partition coefficient (Wildman–Crippen LogP) is 4.56. The largest absolute Gasteiger partial charge is 0.467 e. The molecule has 3 nitrogen and oxygen atoms in total. The van der Waals surface area contributed by atoms with Gasteiger partial charge in [0.25, 0.3) is 0 Å². The van der Waals surface area contributed by atoms with Crippen LogP contribution in [0.4, 0.5) is 0 Å². The average molecular weight is 367 g/mol. The van der Waals surface area contributed by atoms with E-state index >= 15 is 0 Å². The number of allylic oxidation sites excluding steroid dienone is 1. The van der Waals surface area contributed by atoms with E-state index in [9.17, 15) is 4.79 Å². The van der Waals surface area contributed by atoms with Gasteiger partial charge >= 0.3 is 5.97 Å². The highest BCUT2D eigenvalue weighted by molar-refractivity contribution is 9.11. The Morgan fingerprint density at radius 2 is 2.27 bits per heavy atom. The number of benzene rings is 1. The molecule has 1 aliphatic carbocycles. The molecule has 0 spiro atoms. The van der Waals surface area contributed by atoms with Crippen molar-refractivity contribution >= 4 is 21.9 Å². The number of methoxy groups -OCH3 is 1. The summed E-state index contributed by atoms with van der Waals surface area (Å²) in [4.78, 5) is 13.2. The van der Waals surface area contributed by atoms with Gasteiger partial charge in [0.05, 0.1) is 13.7 Å². The van der Waals surface area contributed by atoms with E-state index in [0.717, 1.165) is 5.56 Å². The minimum absolute atomic E-state index is 0.00294. The van der Waals surface area contributed by atoms with Crippen LogP contribution in [0.5, 0.6) is 0 Å². The van der Waals surface area contributed by atoms with E-state index in [0.29, 0.717) is 18.4 Å². The first-order valence-electron chi connectivity index (χ1n) is 7.68. The van der Waals surface area contributed by atoms with Crippen LogP contribution in [0.1, 0.15) is 43.2 Å². The molecule has 1 fully saturated rings. The number of hydrogen-bond donors (Lipinski definition) is 0. The molecule has 0 N–H and O–H groups in total. The van der Waals surface area contributed by atoms with Crippen molar-refractivity contribution in [1.29, 1.82) is 0 Å². The van der Waals surface area contributed by atoms with Crippen LogP contribution < -0.4 is 0 Å². The molecular weight excluding hydrogens is 344 g/mol. The van der Waals surface area contributed by atoms with Crippen molar-refractivity contribution in [1.82, 2.24) is 0 Å². The molecule has 0 radical (unpaired) electrons. The number of carbonyl (C=O) groups excluding carboxylic acids is 1. The summed E-state index contributed by atoms with van der Waals surface area (Å²) in [5.74, 6) is 0.765. The summed E-state index contributed by atoms with van der Waals surface area (Å²) in [6.07, 6.45) is 3.64. The fourth-order valence-corrected chi connectivity index (χ4v) is 3.74. The van der Waals surface area contributed by atoms with E-state index in [1.165, 1.54) is 37.5 Å². The molecule has 0 bridgehead atoms. The maximum Gasteiger partial charge on any atom is 0.331 e. The summed E-state index contributed by atoms with van der Waals surface area (Å²) in [5, 5.41) is 0. The van der Waals surface area contributed by atoms with E-state index < -0.39 is 0 Å². The number of ether oxygens (including phenoxy) is 2. The maximum atomic E-state index is 11.1. The van der Waals surface area contributed by atoms with Crippen molar-refractivity contribution < 1.29 is 14.3 Å². The fraction of sp³-hybridized carbons (Fsp3) is 0.500. The van der Waals surface area contributed by atoms with Crippen LogP contribution in [0.2, 0.25) is 0 Å². The van der Waals surface area contributed by atoms with E-state index in [-0.39, 0.29) is 12.6 Å². The average Bonchev–Trinajstić information content (AvgIpc) is 2.55. The molecule has 0 saturated heterocycles. The Bertz CT molecular complexity index is 539. The monoisotopic (exact) mass is 366 g/mol. The summed E-state index contributed by atoms with van der Waals surface area (Å²) in [7, 11) is 1.37. The highest BCUT2D eigenvalue weighted by Crippen LogP contribution is 2.41. The van der Waals surface area contributed by atoms with Gasteiger partial charge in [0, 0.05) is 0 Å². The second kappa shape index (κ2) is 8.49. The van der Waals surface area contributed by atoms with Crippen LogP contribution in [0.3, 0.4) is 0 Å². The minimum Gasteiger partial charge on any atom is -0.467 e. The third kappa shape index (κ3) is 4.43. The van der Waals surface area contributed by atoms with Gasteiger partial charge < -0.3 is 9.47 Å². The Morgan fingerprint density at radius 3 is 3.00 bits per heavy atom. The molecule has 4 heteroatoms. The molecule has 1 saturated carbocycles. The first-order valence-corrected chi connectivity index (χ1v) is 8.59. The first-order chi connectivity index (χ1) is 10.7. The van der Waals surface area contributed by atoms with E-state index in [2.05, 4.69) is 50.8 Å². The SMILES string of the molecule is COC(=O)COCc1cccc([C@H]2CCC/C(=C\Br)[C@@H]2C)c1. The Labute approximate surface area is 140 Å². The Morgan fingerprint density at radius 1 is 1.45 bits per heavy atom. The van der Waals surface area contributed by atoms with Crippen LogP contribution in [-0.4, -0.2) is 19.7 Å². The quantitative estimate of drug-likeness (QED) is 0.716. The topological polar surface area (TPSA) is 35.5 Å². The van der Waals surface area contributed by atoms with Crippen LogP contribution in [0.25, 0.3) is 0 Å². The van der Waals surface area contributed by atoms with Gasteiger partial charge in [-0.15, -0.1) is 0 Å². The van der Waals surface area contributed by atoms with Crippen LogP contribution in [-0.2, 0) is 20.9 Å². The van der Waals surface area contributed by atoms with Crippen LogP contribution >= 0.6 is 15.9 Å². The van der Waals surface area contributed by atoms with Gasteiger partial charge in [0.2, 0.25) is 0 Å². The molecule has 120 valence electrons. The molecule has 0 aromatic heterocycles. The standard InChI is InChI=1S/C18H23BrO3/c1-13-16(10-19)7-4-8-17(13)15-6-3-5-14(9-15)11-22-12-18(20)21-2/h3,5-6,9-10,13,17H,4,7-8,11-12H2,1-2H3/b16-10+/t13-,17-/m0/s1. The Hall–Kier alpha value is -1.13. The summed E-state index contributed by atoms with van der Waals surface area (Å²) in [6.45, 7) is 2.74. The Balaban J connectivity index is 2.03. The highest BCUT2D eigenvalue weighted by atomic mass is 79.9. The molecule has 2 rings (SSSR count). The smallest absolute Gasteiger partial charge is 0.331 e. The normalized spacial score (nSPS) is 23.5. The number of carbonyl (C=O) groups is 1. The molecule has 0 unspecified atom stereocenters. The lowest BCUT2D eigenvalue weighted by Gasteiger charge is -2.31. The highest BCUT2D eigenvalue weighted by Gasteiger charge is 2.26. The molecule has 1 aromatic rings. The third-order valence-electron chi connectivity index (χ3n) is 4.40. The van der Waals surface area contributed by atoms with Crippen molar-refractivity contribution in [3.8, 4) is 0 Å². The van der Waals surface area contributed by atoms with Gasteiger partial charge in [0.15, 0.2) is 0 Å². The fourth-order valence-electron chi connectivity index (χ4n) is 3.10. The third-order valence-corrected chi connectivity index (χ3v) is 4.99. The van der Waals surface area contributed by atoms with Gasteiger partial charge in [-0.1, -0.05) is 52.7 Å². The lowest BCUT2D eigenvalue weighted by molar-refractivity contribution is -0.146. The molecule has 2 atom stereocenters. The summed E-state index contributed by atoms with van der Waals surface area (Å²) in [5.41, 5.74) is 3.95. The van der Waals surface area contributed by atoms with Crippen molar-refractivity contribution in [2.45, 2.75) is 38.7 Å². The molecular formula is C18H23BrO3. The van der Waals surface area contributed by atoms with Gasteiger partial charge in [-0.25, -0.2) is 4.79 Å². The number of rotatable bonds is 5. The molecule has 0 aliphatic heterocycles. The van der Waals surface area contributed by atoms with Gasteiger partial charge in [-0.2, -0.15) is 0 Å². The van der Waals surface area contributed by atoms with Crippen LogP contribution in [0, 0.1) is 5.92 Å².